The van der Waals surface area contributed by atoms with Gasteiger partial charge < -0.3 is 20.1 Å². The Hall–Kier alpha value is -4.74. The number of nitrogens with one attached hydrogen (secondary N) is 1. The van der Waals surface area contributed by atoms with Gasteiger partial charge in [0.25, 0.3) is 11.6 Å². The van der Waals surface area contributed by atoms with Gasteiger partial charge in [0.05, 0.1) is 26.8 Å². The maximum atomic E-state index is 17.2. The number of fused-ring (bicyclic) bond motifs is 5. The number of nitro groups is 1. The van der Waals surface area contributed by atoms with E-state index in [1.807, 2.05) is 4.90 Å². The van der Waals surface area contributed by atoms with Gasteiger partial charge in [0.15, 0.2) is 5.82 Å². The van der Waals surface area contributed by atoms with E-state index in [0.717, 1.165) is 25.3 Å². The van der Waals surface area contributed by atoms with Gasteiger partial charge in [-0.15, -0.1) is 6.42 Å². The van der Waals surface area contributed by atoms with Crippen molar-refractivity contribution in [2.45, 2.75) is 62.1 Å². The number of ether oxygens (including phenoxy) is 1. The molecule has 5 fully saturated rings. The number of halogens is 4. The molecule has 10 nitrogen and oxygen atoms in total. The number of terminal acetylenes is 1. The standard InChI is InChI=1S/C36H32F4N6O4/c1-2-21-22-7-9-27(47)28(23(22)6-8-25(21)37)29-26(46(48)49)12-24-31(30(29)38)42-33(43-32(24)44-13-19-4-5-20(14-44)41-19)50-18-35-10-3-11-45(35)17-34(15-35)16-36(34,39)40/h1,6-9,12,19-20,41,47H,3-5,10-11,13-18H2/t19-,20+,34-,35+/m0/s1. The Bertz CT molecular complexity index is 2180. The molecule has 4 aliphatic heterocycles. The Kier molecular flexibility index (Phi) is 6.65. The smallest absolute Gasteiger partial charge is 0.319 e. The van der Waals surface area contributed by atoms with Crippen molar-refractivity contribution >= 4 is 33.2 Å². The lowest BCUT2D eigenvalue weighted by molar-refractivity contribution is -0.384. The van der Waals surface area contributed by atoms with E-state index < -0.39 is 50.4 Å². The molecule has 3 aromatic carbocycles. The Morgan fingerprint density at radius 2 is 1.82 bits per heavy atom. The van der Waals surface area contributed by atoms with Crippen molar-refractivity contribution in [3.8, 4) is 35.2 Å². The van der Waals surface area contributed by atoms with Crippen LogP contribution in [0.3, 0.4) is 0 Å². The molecule has 1 aliphatic carbocycles. The first kappa shape index (κ1) is 31.3. The van der Waals surface area contributed by atoms with E-state index in [1.165, 1.54) is 24.3 Å². The molecule has 5 heterocycles. The number of alkyl halides is 2. The van der Waals surface area contributed by atoms with Gasteiger partial charge in [-0.2, -0.15) is 9.97 Å². The number of phenolic OH excluding ortho intramolecular Hbond substituents is 1. The largest absolute Gasteiger partial charge is 0.507 e. The van der Waals surface area contributed by atoms with E-state index in [1.54, 1.807) is 0 Å². The number of phenols is 1. The average molecular weight is 689 g/mol. The van der Waals surface area contributed by atoms with Crippen molar-refractivity contribution < 1.29 is 32.3 Å². The number of hydrogen-bond acceptors (Lipinski definition) is 9. The normalized spacial score (nSPS) is 28.0. The van der Waals surface area contributed by atoms with Crippen LogP contribution in [0.5, 0.6) is 11.8 Å². The highest BCUT2D eigenvalue weighted by Gasteiger charge is 2.77. The second kappa shape index (κ2) is 10.6. The maximum Gasteiger partial charge on any atom is 0.319 e. The van der Waals surface area contributed by atoms with Crippen LogP contribution >= 0.6 is 0 Å². The minimum Gasteiger partial charge on any atom is -0.507 e. The van der Waals surface area contributed by atoms with Gasteiger partial charge in [-0.25, -0.2) is 17.6 Å². The van der Waals surface area contributed by atoms with Crippen LogP contribution < -0.4 is 15.0 Å². The van der Waals surface area contributed by atoms with Crippen molar-refractivity contribution in [1.82, 2.24) is 20.2 Å². The van der Waals surface area contributed by atoms with Crippen LogP contribution in [0, 0.1) is 39.5 Å². The zero-order valence-electron chi connectivity index (χ0n) is 26.8. The van der Waals surface area contributed by atoms with Crippen molar-refractivity contribution in [2.75, 3.05) is 37.7 Å². The van der Waals surface area contributed by atoms with Gasteiger partial charge in [0.1, 0.15) is 35.1 Å². The highest BCUT2D eigenvalue weighted by Crippen LogP contribution is 2.69. The molecule has 5 aliphatic rings. The molecule has 2 N–H and O–H groups in total. The summed E-state index contributed by atoms with van der Waals surface area (Å²) in [4.78, 5) is 25.1. The maximum absolute atomic E-state index is 17.2. The Morgan fingerprint density at radius 3 is 2.52 bits per heavy atom. The lowest BCUT2D eigenvalue weighted by Crippen LogP contribution is -2.51. The van der Waals surface area contributed by atoms with Gasteiger partial charge in [-0.05, 0) is 62.2 Å². The molecule has 1 saturated carbocycles. The zero-order valence-corrected chi connectivity index (χ0v) is 26.8. The minimum atomic E-state index is -2.72. The molecule has 4 aromatic rings. The SMILES string of the molecule is C#Cc1c(F)ccc2c(-c3c([N+](=O)[O-])cc4c(N5C[C@H]6CC[C@@H](C5)N6)nc(OC[C@]56CCCN5C[C@@]5(CC5(F)F)C6)nc4c3F)c(O)ccc12. The number of benzene rings is 3. The van der Waals surface area contributed by atoms with Gasteiger partial charge >= 0.3 is 6.01 Å². The predicted molar refractivity (Wildman–Crippen MR) is 176 cm³/mol. The zero-order chi connectivity index (χ0) is 34.7. The van der Waals surface area contributed by atoms with E-state index in [9.17, 15) is 28.4 Å². The second-order valence-electron chi connectivity index (χ2n) is 14.6. The van der Waals surface area contributed by atoms with Crippen LogP contribution in [0.2, 0.25) is 0 Å². The molecule has 4 saturated heterocycles. The fourth-order valence-electron chi connectivity index (χ4n) is 9.26. The van der Waals surface area contributed by atoms with Crippen molar-refractivity contribution in [2.24, 2.45) is 5.41 Å². The first-order chi connectivity index (χ1) is 23.9. The fraction of sp³-hybridized carbons (Fsp3) is 0.444. The number of nitrogens with zero attached hydrogens (tertiary/aromatic N) is 5. The second-order valence-corrected chi connectivity index (χ2v) is 14.6. The monoisotopic (exact) mass is 688 g/mol. The number of aromatic nitrogens is 2. The Balaban J connectivity index is 1.22. The van der Waals surface area contributed by atoms with Crippen molar-refractivity contribution in [1.29, 1.82) is 0 Å². The summed E-state index contributed by atoms with van der Waals surface area (Å²) in [5.41, 5.74) is -3.55. The highest BCUT2D eigenvalue weighted by atomic mass is 19.3. The molecular formula is C36H32F4N6O4. The molecule has 50 heavy (non-hydrogen) atoms. The molecule has 2 bridgehead atoms. The molecule has 0 unspecified atom stereocenters. The van der Waals surface area contributed by atoms with Crippen LogP contribution in [0.1, 0.15) is 44.1 Å². The van der Waals surface area contributed by atoms with Crippen LogP contribution in [0.4, 0.5) is 29.1 Å². The predicted octanol–water partition coefficient (Wildman–Crippen LogP) is 5.91. The summed E-state index contributed by atoms with van der Waals surface area (Å²) in [5, 5.41) is 27.6. The number of hydrogen-bond donors (Lipinski definition) is 2. The topological polar surface area (TPSA) is 117 Å². The highest BCUT2D eigenvalue weighted by molar-refractivity contribution is 6.07. The van der Waals surface area contributed by atoms with Gasteiger partial charge in [0, 0.05) is 55.2 Å². The molecule has 0 radical (unpaired) electrons. The number of nitro benzene ring substituents is 1. The van der Waals surface area contributed by atoms with Crippen molar-refractivity contribution in [3.63, 3.8) is 0 Å². The van der Waals surface area contributed by atoms with Crippen LogP contribution in [0.15, 0.2) is 30.3 Å². The average Bonchev–Trinajstić information content (AvgIpc) is 3.41. The molecule has 1 aromatic heterocycles. The first-order valence-electron chi connectivity index (χ1n) is 16.8. The third kappa shape index (κ3) is 4.48. The van der Waals surface area contributed by atoms with Crippen molar-refractivity contribution in [3.05, 3.63) is 57.6 Å². The first-order valence-corrected chi connectivity index (χ1v) is 16.8. The summed E-state index contributed by atoms with van der Waals surface area (Å²) in [7, 11) is 0. The van der Waals surface area contributed by atoms with Gasteiger partial charge in [-0.1, -0.05) is 12.0 Å². The quantitative estimate of drug-likeness (QED) is 0.110. The van der Waals surface area contributed by atoms with Gasteiger partial charge in [0.2, 0.25) is 0 Å². The Labute approximate surface area is 283 Å². The molecule has 0 amide bonds. The van der Waals surface area contributed by atoms with Crippen LogP contribution in [-0.4, -0.2) is 81.2 Å². The molecule has 258 valence electrons. The Morgan fingerprint density at radius 1 is 1.08 bits per heavy atom. The number of anilines is 1. The van der Waals surface area contributed by atoms with E-state index in [2.05, 4.69) is 21.1 Å². The summed E-state index contributed by atoms with van der Waals surface area (Å²) in [6.07, 6.45) is 9.06. The fourth-order valence-corrected chi connectivity index (χ4v) is 9.26. The van der Waals surface area contributed by atoms with Crippen LogP contribution in [-0.2, 0) is 0 Å². The summed E-state index contributed by atoms with van der Waals surface area (Å²) in [6, 6.07) is 6.21. The summed E-state index contributed by atoms with van der Waals surface area (Å²) in [5.74, 6) is -2.49. The molecule has 1 spiro atoms. The lowest BCUT2D eigenvalue weighted by Gasteiger charge is -2.34. The van der Waals surface area contributed by atoms with E-state index in [4.69, 9.17) is 16.1 Å². The van der Waals surface area contributed by atoms with Crippen LogP contribution in [0.25, 0.3) is 32.8 Å². The van der Waals surface area contributed by atoms with E-state index in [0.29, 0.717) is 26.1 Å². The molecular weight excluding hydrogens is 656 g/mol. The molecule has 14 heteroatoms. The summed E-state index contributed by atoms with van der Waals surface area (Å²) < 4.78 is 67.1. The third-order valence-corrected chi connectivity index (χ3v) is 11.7. The number of rotatable bonds is 6. The third-order valence-electron chi connectivity index (χ3n) is 11.7. The minimum absolute atomic E-state index is 0.0224. The summed E-state index contributed by atoms with van der Waals surface area (Å²) in [6.45, 7) is 2.01. The molecule has 9 rings (SSSR count). The van der Waals surface area contributed by atoms with E-state index in [-0.39, 0.29) is 82.7 Å². The van der Waals surface area contributed by atoms with E-state index >= 15 is 4.39 Å². The van der Waals surface area contributed by atoms with Gasteiger partial charge in [-0.3, -0.25) is 15.0 Å². The lowest BCUT2D eigenvalue weighted by atomic mass is 9.89. The molecule has 4 atom stereocenters. The summed E-state index contributed by atoms with van der Waals surface area (Å²) >= 11 is 0. The number of aromatic hydroxyl groups is 1. The number of piperazine rings is 1.